The van der Waals surface area contributed by atoms with Crippen LogP contribution in [0.4, 0.5) is 5.69 Å². The number of anilines is 1. The fourth-order valence-electron chi connectivity index (χ4n) is 3.17. The lowest BCUT2D eigenvalue weighted by molar-refractivity contribution is -0.127. The van der Waals surface area contributed by atoms with Gasteiger partial charge in [0.25, 0.3) is 5.91 Å². The van der Waals surface area contributed by atoms with Crippen LogP contribution in [0.2, 0.25) is 0 Å². The maximum atomic E-state index is 12.8. The zero-order valence-corrected chi connectivity index (χ0v) is 16.0. The van der Waals surface area contributed by atoms with E-state index in [2.05, 4.69) is 32.6 Å². The van der Waals surface area contributed by atoms with Gasteiger partial charge in [0.05, 0.1) is 0 Å². The molecule has 2 aromatic carbocycles. The van der Waals surface area contributed by atoms with E-state index in [-0.39, 0.29) is 12.1 Å². The van der Waals surface area contributed by atoms with Crippen molar-refractivity contribution in [1.82, 2.24) is 10.3 Å². The highest BCUT2D eigenvalue weighted by Crippen LogP contribution is 2.42. The number of rotatable bonds is 2. The van der Waals surface area contributed by atoms with Crippen LogP contribution in [-0.2, 0) is 4.79 Å². The van der Waals surface area contributed by atoms with Crippen molar-refractivity contribution >= 4 is 44.5 Å². The van der Waals surface area contributed by atoms with Gasteiger partial charge in [0.2, 0.25) is 0 Å². The Bertz CT molecular complexity index is 856. The summed E-state index contributed by atoms with van der Waals surface area (Å²) >= 11 is 5.06. The molecule has 5 nitrogen and oxygen atoms in total. The van der Waals surface area contributed by atoms with Gasteiger partial charge in [-0.3, -0.25) is 9.80 Å². The highest BCUT2D eigenvalue weighted by molar-refractivity contribution is 9.10. The predicted molar refractivity (Wildman–Crippen MR) is 105 cm³/mol. The lowest BCUT2D eigenvalue weighted by Crippen LogP contribution is -2.50. The van der Waals surface area contributed by atoms with Crippen LogP contribution >= 0.6 is 27.7 Å². The molecule has 2 aliphatic rings. The van der Waals surface area contributed by atoms with Gasteiger partial charge in [0, 0.05) is 15.7 Å². The second kappa shape index (κ2) is 6.72. The number of nitrogens with zero attached hydrogens (tertiary/aromatic N) is 2. The van der Waals surface area contributed by atoms with Crippen molar-refractivity contribution in [2.75, 3.05) is 11.1 Å². The molecule has 0 bridgehead atoms. The summed E-state index contributed by atoms with van der Waals surface area (Å²) in [7, 11) is 0. The smallest absolute Gasteiger partial charge is 0.255 e. The van der Waals surface area contributed by atoms with Crippen LogP contribution in [-0.4, -0.2) is 21.8 Å². The highest BCUT2D eigenvalue weighted by Gasteiger charge is 2.41. The molecular weight excluding hydrogens is 400 g/mol. The number of hydrogen-bond acceptors (Lipinski definition) is 5. The van der Waals surface area contributed by atoms with Crippen molar-refractivity contribution in [1.29, 1.82) is 0 Å². The van der Waals surface area contributed by atoms with Crippen molar-refractivity contribution in [3.05, 3.63) is 64.1 Å². The van der Waals surface area contributed by atoms with E-state index in [0.29, 0.717) is 5.17 Å². The van der Waals surface area contributed by atoms with E-state index >= 15 is 0 Å². The summed E-state index contributed by atoms with van der Waals surface area (Å²) in [5, 5.41) is 13.7. The Morgan fingerprint density at radius 2 is 2.08 bits per heavy atom. The molecule has 1 amide bonds. The van der Waals surface area contributed by atoms with Gasteiger partial charge in [-0.1, -0.05) is 64.9 Å². The molecule has 2 N–H and O–H groups in total. The second-order valence-electron chi connectivity index (χ2n) is 5.80. The van der Waals surface area contributed by atoms with E-state index in [1.165, 1.54) is 11.8 Å². The van der Waals surface area contributed by atoms with Gasteiger partial charge < -0.3 is 10.6 Å². The summed E-state index contributed by atoms with van der Waals surface area (Å²) in [6, 6.07) is 15.5. The molecule has 0 fully saturated rings. The topological polar surface area (TPSA) is 56.7 Å². The summed E-state index contributed by atoms with van der Waals surface area (Å²) in [5.41, 5.74) is 2.95. The number of para-hydroxylation sites is 1. The molecule has 0 saturated heterocycles. The number of amidine groups is 1. The molecule has 25 heavy (non-hydrogen) atoms. The number of hydrazone groups is 1. The molecule has 0 radical (unpaired) electrons. The Labute approximate surface area is 159 Å². The maximum Gasteiger partial charge on any atom is 0.255 e. The fraction of sp³-hybridized carbons (Fsp3) is 0.222. The number of carbonyl (C=O) groups is 1. The van der Waals surface area contributed by atoms with Crippen molar-refractivity contribution in [2.24, 2.45) is 5.10 Å². The minimum Gasteiger partial charge on any atom is -0.360 e. The van der Waals surface area contributed by atoms with Gasteiger partial charge in [0.1, 0.15) is 6.17 Å². The van der Waals surface area contributed by atoms with E-state index in [4.69, 9.17) is 5.10 Å². The third kappa shape index (κ3) is 3.02. The average molecular weight is 417 g/mol. The van der Waals surface area contributed by atoms with E-state index in [0.717, 1.165) is 27.0 Å². The quantitative estimate of drug-likeness (QED) is 0.774. The molecule has 2 atom stereocenters. The lowest BCUT2D eigenvalue weighted by Gasteiger charge is -2.43. The molecule has 2 heterocycles. The Kier molecular flexibility index (Phi) is 4.43. The number of amides is 1. The number of fused-ring (bicyclic) bond motifs is 3. The lowest BCUT2D eigenvalue weighted by atomic mass is 9.97. The van der Waals surface area contributed by atoms with Gasteiger partial charge in [-0.2, -0.15) is 0 Å². The van der Waals surface area contributed by atoms with Crippen LogP contribution in [0.15, 0.2) is 58.1 Å². The molecule has 2 aliphatic heterocycles. The molecule has 0 aromatic heterocycles. The van der Waals surface area contributed by atoms with Crippen LogP contribution in [0.5, 0.6) is 0 Å². The summed E-state index contributed by atoms with van der Waals surface area (Å²) < 4.78 is 0.996. The number of benzene rings is 2. The Hall–Kier alpha value is -1.99. The minimum absolute atomic E-state index is 0.0418. The Balaban J connectivity index is 1.84. The standard InChI is InChI=1S/C18H17BrN4OS/c1-2-25-18-21-17(24)15-13-8-3-4-9-14(13)20-16(23(15)22-18)11-6-5-7-12(19)10-11/h3-10,15-16,20H,2H2,1H3,(H,21,22,24)/t15-,16+/m1/s1. The summed E-state index contributed by atoms with van der Waals surface area (Å²) in [4.78, 5) is 12.8. The third-order valence-corrected chi connectivity index (χ3v) is 5.45. The number of hydrogen-bond donors (Lipinski definition) is 2. The molecule has 4 rings (SSSR count). The molecule has 2 aromatic rings. The van der Waals surface area contributed by atoms with Gasteiger partial charge in [-0.05, 0) is 29.5 Å². The van der Waals surface area contributed by atoms with Crippen molar-refractivity contribution in [3.8, 4) is 0 Å². The Morgan fingerprint density at radius 3 is 2.88 bits per heavy atom. The molecule has 128 valence electrons. The van der Waals surface area contributed by atoms with Crippen molar-refractivity contribution in [2.45, 2.75) is 19.1 Å². The Morgan fingerprint density at radius 1 is 1.24 bits per heavy atom. The zero-order chi connectivity index (χ0) is 17.4. The van der Waals surface area contributed by atoms with Gasteiger partial charge >= 0.3 is 0 Å². The average Bonchev–Trinajstić information content (AvgIpc) is 2.61. The molecule has 0 saturated carbocycles. The van der Waals surface area contributed by atoms with Crippen LogP contribution < -0.4 is 10.6 Å². The van der Waals surface area contributed by atoms with E-state index in [1.54, 1.807) is 0 Å². The molecule has 0 aliphatic carbocycles. The predicted octanol–water partition coefficient (Wildman–Crippen LogP) is 4.07. The van der Waals surface area contributed by atoms with Gasteiger partial charge in [-0.15, -0.1) is 5.10 Å². The minimum atomic E-state index is -0.442. The van der Waals surface area contributed by atoms with Crippen molar-refractivity contribution < 1.29 is 4.79 Å². The normalized spacial score (nSPS) is 21.6. The van der Waals surface area contributed by atoms with Gasteiger partial charge in [-0.25, -0.2) is 0 Å². The van der Waals surface area contributed by atoms with Crippen LogP contribution in [0.25, 0.3) is 0 Å². The first-order chi connectivity index (χ1) is 12.2. The van der Waals surface area contributed by atoms with Crippen LogP contribution in [0.3, 0.4) is 0 Å². The van der Waals surface area contributed by atoms with E-state index in [9.17, 15) is 4.79 Å². The maximum absolute atomic E-state index is 12.8. The number of thioether (sulfide) groups is 1. The first-order valence-electron chi connectivity index (χ1n) is 8.09. The van der Waals surface area contributed by atoms with Gasteiger partial charge in [0.15, 0.2) is 11.2 Å². The zero-order valence-electron chi connectivity index (χ0n) is 13.6. The fourth-order valence-corrected chi connectivity index (χ4v) is 4.18. The summed E-state index contributed by atoms with van der Waals surface area (Å²) in [6.45, 7) is 2.04. The van der Waals surface area contributed by atoms with Crippen LogP contribution in [0.1, 0.15) is 30.3 Å². The summed E-state index contributed by atoms with van der Waals surface area (Å²) in [6.07, 6.45) is -0.212. The first kappa shape index (κ1) is 16.5. The first-order valence-corrected chi connectivity index (χ1v) is 9.87. The van der Waals surface area contributed by atoms with Crippen molar-refractivity contribution in [3.63, 3.8) is 0 Å². The monoisotopic (exact) mass is 416 g/mol. The van der Waals surface area contributed by atoms with E-state index in [1.807, 2.05) is 54.4 Å². The molecule has 0 unspecified atom stereocenters. The summed E-state index contributed by atoms with van der Waals surface area (Å²) in [5.74, 6) is 0.809. The largest absolute Gasteiger partial charge is 0.360 e. The SMILES string of the molecule is CCSC1=NN2[C@@H](c3cccc(Br)c3)Nc3ccccc3[C@@H]2C(=O)N1. The molecule has 7 heteroatoms. The van der Waals surface area contributed by atoms with E-state index < -0.39 is 6.04 Å². The second-order valence-corrected chi connectivity index (χ2v) is 7.97. The third-order valence-electron chi connectivity index (χ3n) is 4.21. The van der Waals surface area contributed by atoms with Crippen LogP contribution in [0, 0.1) is 0 Å². The number of nitrogens with one attached hydrogen (secondary N) is 2. The molecular formula is C18H17BrN4OS. The number of halogens is 1. The highest BCUT2D eigenvalue weighted by atomic mass is 79.9. The molecule has 0 spiro atoms. The number of carbonyl (C=O) groups excluding carboxylic acids is 1.